The summed E-state index contributed by atoms with van der Waals surface area (Å²) in [6.45, 7) is 13.2. The number of benzene rings is 1. The Kier molecular flexibility index (Phi) is 12.5. The van der Waals surface area contributed by atoms with Crippen LogP contribution in [0.15, 0.2) is 30.3 Å². The molecule has 4 nitrogen and oxygen atoms in total. The molecule has 0 aromatic heterocycles. The lowest BCUT2D eigenvalue weighted by Crippen LogP contribution is -2.12. The quantitative estimate of drug-likeness (QED) is 0.640. The van der Waals surface area contributed by atoms with Crippen molar-refractivity contribution < 1.29 is 19.1 Å². The largest absolute Gasteiger partial charge is 0.465 e. The second kappa shape index (κ2) is 13.5. The van der Waals surface area contributed by atoms with Crippen molar-refractivity contribution in [3.05, 3.63) is 35.9 Å². The third-order valence-electron chi connectivity index (χ3n) is 2.92. The van der Waals surface area contributed by atoms with Crippen LogP contribution in [0.5, 0.6) is 0 Å². The lowest BCUT2D eigenvalue weighted by Gasteiger charge is -2.07. The molecule has 0 unspecified atom stereocenters. The van der Waals surface area contributed by atoms with Gasteiger partial charge in [0.05, 0.1) is 19.6 Å². The second-order valence-electron chi connectivity index (χ2n) is 7.41. The molecule has 0 aliphatic heterocycles. The summed E-state index contributed by atoms with van der Waals surface area (Å²) < 4.78 is 10.0. The van der Waals surface area contributed by atoms with Gasteiger partial charge in [0.1, 0.15) is 0 Å². The minimum absolute atomic E-state index is 0.0753. The lowest BCUT2D eigenvalue weighted by molar-refractivity contribution is -0.145. The smallest absolute Gasteiger partial charge is 0.310 e. The molecule has 142 valence electrons. The first-order valence-electron chi connectivity index (χ1n) is 9.05. The summed E-state index contributed by atoms with van der Waals surface area (Å²) in [7, 11) is 0. The van der Waals surface area contributed by atoms with Crippen LogP contribution in [0.1, 0.15) is 53.5 Å². The number of ether oxygens (including phenoxy) is 2. The highest BCUT2D eigenvalue weighted by atomic mass is 16.5. The molecule has 4 heteroatoms. The minimum atomic E-state index is -0.148. The van der Waals surface area contributed by atoms with Crippen molar-refractivity contribution in [2.45, 2.75) is 54.4 Å². The van der Waals surface area contributed by atoms with Crippen LogP contribution in [0.2, 0.25) is 0 Å². The standard InChI is InChI=1S/C12H16O2.C9H18O2/c1-10(2)9-14-12(13)8-11-6-4-3-5-7-11;1-7(2)5-9(10)11-6-8(3)4/h3-7,10H,8-9H2,1-2H3;7-8H,5-6H2,1-4H3. The number of hydrogen-bond acceptors (Lipinski definition) is 4. The van der Waals surface area contributed by atoms with E-state index in [0.29, 0.717) is 43.8 Å². The normalized spacial score (nSPS) is 10.4. The number of carbonyl (C=O) groups excluding carboxylic acids is 2. The number of carbonyl (C=O) groups is 2. The fraction of sp³-hybridized carbons (Fsp3) is 0.619. The molecule has 0 saturated heterocycles. The van der Waals surface area contributed by atoms with E-state index in [1.165, 1.54) is 0 Å². The number of esters is 2. The van der Waals surface area contributed by atoms with Crippen molar-refractivity contribution in [2.75, 3.05) is 13.2 Å². The Morgan fingerprint density at radius 1 is 0.760 bits per heavy atom. The van der Waals surface area contributed by atoms with Gasteiger partial charge in [-0.25, -0.2) is 0 Å². The van der Waals surface area contributed by atoms with Crippen molar-refractivity contribution in [3.63, 3.8) is 0 Å². The third kappa shape index (κ3) is 15.4. The minimum Gasteiger partial charge on any atom is -0.465 e. The van der Waals surface area contributed by atoms with Gasteiger partial charge in [-0.05, 0) is 23.3 Å². The lowest BCUT2D eigenvalue weighted by atomic mass is 10.1. The van der Waals surface area contributed by atoms with E-state index in [1.807, 2.05) is 71.9 Å². The van der Waals surface area contributed by atoms with Crippen LogP contribution in [0.4, 0.5) is 0 Å². The Morgan fingerprint density at radius 3 is 1.68 bits per heavy atom. The Balaban J connectivity index is 0.000000477. The van der Waals surface area contributed by atoms with E-state index in [0.717, 1.165) is 5.56 Å². The molecule has 0 radical (unpaired) electrons. The number of hydrogen-bond donors (Lipinski definition) is 0. The predicted molar refractivity (Wildman–Crippen MR) is 101 cm³/mol. The molecule has 0 bridgehead atoms. The molecule has 0 saturated carbocycles. The van der Waals surface area contributed by atoms with Crippen LogP contribution >= 0.6 is 0 Å². The van der Waals surface area contributed by atoms with E-state index in [-0.39, 0.29) is 11.9 Å². The second-order valence-corrected chi connectivity index (χ2v) is 7.41. The number of rotatable bonds is 8. The van der Waals surface area contributed by atoms with E-state index in [4.69, 9.17) is 9.47 Å². The topological polar surface area (TPSA) is 52.6 Å². The van der Waals surface area contributed by atoms with Crippen molar-refractivity contribution >= 4 is 11.9 Å². The van der Waals surface area contributed by atoms with Crippen molar-refractivity contribution in [1.29, 1.82) is 0 Å². The maximum atomic E-state index is 11.3. The van der Waals surface area contributed by atoms with Crippen LogP contribution in [-0.4, -0.2) is 25.2 Å². The summed E-state index contributed by atoms with van der Waals surface area (Å²) in [5, 5.41) is 0. The van der Waals surface area contributed by atoms with E-state index in [2.05, 4.69) is 0 Å². The van der Waals surface area contributed by atoms with Crippen LogP contribution < -0.4 is 0 Å². The fourth-order valence-corrected chi connectivity index (χ4v) is 1.73. The monoisotopic (exact) mass is 350 g/mol. The molecule has 1 rings (SSSR count). The van der Waals surface area contributed by atoms with Crippen LogP contribution in [0.25, 0.3) is 0 Å². The van der Waals surface area contributed by atoms with Crippen molar-refractivity contribution in [3.8, 4) is 0 Å². The SMILES string of the molecule is CC(C)COC(=O)CC(C)C.CC(C)COC(=O)Cc1ccccc1. The first-order valence-corrected chi connectivity index (χ1v) is 9.05. The van der Waals surface area contributed by atoms with E-state index in [9.17, 15) is 9.59 Å². The maximum absolute atomic E-state index is 11.3. The Morgan fingerprint density at radius 2 is 1.24 bits per heavy atom. The van der Waals surface area contributed by atoms with Gasteiger partial charge < -0.3 is 9.47 Å². The average Bonchev–Trinajstić information content (AvgIpc) is 2.52. The molecule has 0 fully saturated rings. The molecule has 0 aliphatic rings. The van der Waals surface area contributed by atoms with Gasteiger partial charge in [0.2, 0.25) is 0 Å². The Bertz CT molecular complexity index is 478. The highest BCUT2D eigenvalue weighted by Gasteiger charge is 2.06. The summed E-state index contributed by atoms with van der Waals surface area (Å²) in [5.41, 5.74) is 1.00. The van der Waals surface area contributed by atoms with Gasteiger partial charge in [-0.15, -0.1) is 0 Å². The molecule has 0 aliphatic carbocycles. The average molecular weight is 350 g/mol. The van der Waals surface area contributed by atoms with Gasteiger partial charge in [0.25, 0.3) is 0 Å². The van der Waals surface area contributed by atoms with Crippen molar-refractivity contribution in [1.82, 2.24) is 0 Å². The van der Waals surface area contributed by atoms with Crippen molar-refractivity contribution in [2.24, 2.45) is 17.8 Å². The van der Waals surface area contributed by atoms with Gasteiger partial charge in [-0.1, -0.05) is 71.9 Å². The summed E-state index contributed by atoms with van der Waals surface area (Å²) in [6, 6.07) is 9.63. The molecular formula is C21H34O4. The predicted octanol–water partition coefficient (Wildman–Crippen LogP) is 4.66. The molecule has 0 heterocycles. The first kappa shape index (κ1) is 23.2. The Hall–Kier alpha value is -1.84. The van der Waals surface area contributed by atoms with Crippen LogP contribution in [-0.2, 0) is 25.5 Å². The zero-order valence-corrected chi connectivity index (χ0v) is 16.6. The highest BCUT2D eigenvalue weighted by Crippen LogP contribution is 2.03. The summed E-state index contributed by atoms with van der Waals surface area (Å²) in [5.74, 6) is 1.01. The van der Waals surface area contributed by atoms with E-state index < -0.39 is 0 Å². The molecule has 1 aromatic rings. The summed E-state index contributed by atoms with van der Waals surface area (Å²) in [4.78, 5) is 22.2. The van der Waals surface area contributed by atoms with Crippen LogP contribution in [0, 0.1) is 17.8 Å². The Labute approximate surface area is 152 Å². The van der Waals surface area contributed by atoms with E-state index >= 15 is 0 Å². The van der Waals surface area contributed by atoms with Gasteiger partial charge in [0, 0.05) is 6.42 Å². The molecule has 0 atom stereocenters. The van der Waals surface area contributed by atoms with Gasteiger partial charge in [0.15, 0.2) is 0 Å². The van der Waals surface area contributed by atoms with Crippen LogP contribution in [0.3, 0.4) is 0 Å². The molecule has 0 amide bonds. The van der Waals surface area contributed by atoms with Gasteiger partial charge in [-0.2, -0.15) is 0 Å². The van der Waals surface area contributed by atoms with Gasteiger partial charge >= 0.3 is 11.9 Å². The third-order valence-corrected chi connectivity index (χ3v) is 2.92. The maximum Gasteiger partial charge on any atom is 0.310 e. The zero-order chi connectivity index (χ0) is 19.2. The highest BCUT2D eigenvalue weighted by molar-refractivity contribution is 5.72. The zero-order valence-electron chi connectivity index (χ0n) is 16.6. The molecule has 1 aromatic carbocycles. The fourth-order valence-electron chi connectivity index (χ4n) is 1.73. The molecule has 0 N–H and O–H groups in total. The summed E-state index contributed by atoms with van der Waals surface area (Å²) in [6.07, 6.45) is 0.903. The molecule has 0 spiro atoms. The summed E-state index contributed by atoms with van der Waals surface area (Å²) >= 11 is 0. The van der Waals surface area contributed by atoms with E-state index in [1.54, 1.807) is 0 Å². The van der Waals surface area contributed by atoms with Gasteiger partial charge in [-0.3, -0.25) is 9.59 Å². The molecular weight excluding hydrogens is 316 g/mol. The first-order chi connectivity index (χ1) is 11.7. The molecule has 25 heavy (non-hydrogen) atoms.